The van der Waals surface area contributed by atoms with E-state index >= 15 is 0 Å². The lowest BCUT2D eigenvalue weighted by molar-refractivity contribution is 0.746. The van der Waals surface area contributed by atoms with E-state index in [0.717, 1.165) is 5.69 Å². The van der Waals surface area contributed by atoms with E-state index in [1.165, 1.54) is 4.57 Å². The number of nitrogens with one attached hydrogen (secondary N) is 1. The monoisotopic (exact) mass is 385 g/mol. The second-order valence-corrected chi connectivity index (χ2v) is 6.64. The van der Waals surface area contributed by atoms with Gasteiger partial charge in [-0.15, -0.1) is 5.10 Å². The molecule has 142 valence electrons. The Balaban J connectivity index is 1.70. The van der Waals surface area contributed by atoms with E-state index in [9.17, 15) is 9.59 Å². The molecule has 0 aliphatic heterocycles. The zero-order valence-electron chi connectivity index (χ0n) is 15.4. The number of hydrogen-bond acceptors (Lipinski definition) is 6. The molecule has 5 aromatic rings. The second kappa shape index (κ2) is 6.48. The molecule has 29 heavy (non-hydrogen) atoms. The largest absolute Gasteiger partial charge is 0.309 e. The van der Waals surface area contributed by atoms with Crippen LogP contribution in [0.2, 0.25) is 0 Å². The second-order valence-electron chi connectivity index (χ2n) is 6.64. The van der Waals surface area contributed by atoms with Crippen LogP contribution in [-0.2, 0) is 6.54 Å². The summed E-state index contributed by atoms with van der Waals surface area (Å²) in [6.45, 7) is 2.09. The number of pyridine rings is 4. The smallest absolute Gasteiger partial charge is 0.267 e. The Morgan fingerprint density at radius 2 is 1.76 bits per heavy atom. The van der Waals surface area contributed by atoms with Crippen molar-refractivity contribution in [2.45, 2.75) is 13.5 Å². The molecule has 0 radical (unpaired) electrons. The third-order valence-corrected chi connectivity index (χ3v) is 4.68. The molecule has 0 saturated carbocycles. The minimum absolute atomic E-state index is 0.230. The molecule has 5 rings (SSSR count). The molecule has 0 aliphatic carbocycles. The van der Waals surface area contributed by atoms with Crippen molar-refractivity contribution in [3.63, 3.8) is 0 Å². The molecular weight excluding hydrogens is 370 g/mol. The van der Waals surface area contributed by atoms with Crippen molar-refractivity contribution in [3.05, 3.63) is 87.2 Å². The molecule has 9 heteroatoms. The van der Waals surface area contributed by atoms with E-state index in [1.54, 1.807) is 48.3 Å². The van der Waals surface area contributed by atoms with Gasteiger partial charge in [-0.25, -0.2) is 9.55 Å². The Morgan fingerprint density at radius 1 is 0.966 bits per heavy atom. The number of aryl methyl sites for hydroxylation is 1. The van der Waals surface area contributed by atoms with Crippen LogP contribution in [0.4, 0.5) is 0 Å². The average Bonchev–Trinajstić information content (AvgIpc) is 3.16. The average molecular weight is 385 g/mol. The maximum atomic E-state index is 13.0. The number of rotatable bonds is 3. The van der Waals surface area contributed by atoms with E-state index in [0.29, 0.717) is 34.2 Å². The van der Waals surface area contributed by atoms with E-state index in [1.807, 2.05) is 18.2 Å². The summed E-state index contributed by atoms with van der Waals surface area (Å²) >= 11 is 0. The van der Waals surface area contributed by atoms with Gasteiger partial charge < -0.3 is 4.57 Å². The summed E-state index contributed by atoms with van der Waals surface area (Å²) < 4.78 is 2.88. The lowest BCUT2D eigenvalue weighted by Crippen LogP contribution is -2.22. The van der Waals surface area contributed by atoms with Crippen molar-refractivity contribution in [3.8, 4) is 5.95 Å². The van der Waals surface area contributed by atoms with Gasteiger partial charge in [-0.2, -0.15) is 4.98 Å². The third-order valence-electron chi connectivity index (χ3n) is 4.68. The molecule has 0 fully saturated rings. The normalized spacial score (nSPS) is 11.3. The molecule has 0 aliphatic rings. The van der Waals surface area contributed by atoms with Gasteiger partial charge in [0.25, 0.3) is 17.1 Å². The van der Waals surface area contributed by atoms with Crippen molar-refractivity contribution in [1.29, 1.82) is 0 Å². The van der Waals surface area contributed by atoms with Crippen LogP contribution in [0, 0.1) is 6.92 Å². The summed E-state index contributed by atoms with van der Waals surface area (Å²) in [4.78, 5) is 38.9. The first-order valence-corrected chi connectivity index (χ1v) is 8.95. The molecular formula is C20H15N7O2. The standard InChI is InChI=1S/C20H15N7O2/c1-12-22-20(25-24-12)27-9-6-17-15(19(27)29)10-14-16(23-17)5-8-26(18(14)28)11-13-4-2-3-7-21-13/h2-10H,11H2,1H3,(H,22,24,25). The van der Waals surface area contributed by atoms with Gasteiger partial charge in [0.05, 0.1) is 34.0 Å². The fourth-order valence-corrected chi connectivity index (χ4v) is 3.25. The van der Waals surface area contributed by atoms with Gasteiger partial charge in [0.1, 0.15) is 5.82 Å². The van der Waals surface area contributed by atoms with Crippen LogP contribution in [0.1, 0.15) is 11.5 Å². The lowest BCUT2D eigenvalue weighted by atomic mass is 10.2. The van der Waals surface area contributed by atoms with Gasteiger partial charge in [0.15, 0.2) is 0 Å². The fourth-order valence-electron chi connectivity index (χ4n) is 3.25. The number of hydrogen-bond donors (Lipinski definition) is 1. The van der Waals surface area contributed by atoms with Crippen LogP contribution in [0.15, 0.2) is 64.6 Å². The maximum absolute atomic E-state index is 13.0. The molecule has 0 saturated heterocycles. The Labute approximate surface area is 163 Å². The molecule has 0 bridgehead atoms. The third kappa shape index (κ3) is 2.89. The highest BCUT2D eigenvalue weighted by atomic mass is 16.1. The maximum Gasteiger partial charge on any atom is 0.267 e. The minimum atomic E-state index is -0.338. The summed E-state index contributed by atoms with van der Waals surface area (Å²) in [5, 5.41) is 7.45. The molecule has 5 heterocycles. The zero-order valence-corrected chi connectivity index (χ0v) is 15.4. The molecule has 9 nitrogen and oxygen atoms in total. The topological polar surface area (TPSA) is 111 Å². The van der Waals surface area contributed by atoms with Gasteiger partial charge in [-0.1, -0.05) is 6.07 Å². The highest BCUT2D eigenvalue weighted by Crippen LogP contribution is 2.15. The highest BCUT2D eigenvalue weighted by Gasteiger charge is 2.12. The number of aromatic amines is 1. The number of aromatic nitrogens is 7. The molecule has 0 amide bonds. The van der Waals surface area contributed by atoms with Gasteiger partial charge in [0, 0.05) is 18.6 Å². The quantitative estimate of drug-likeness (QED) is 0.472. The van der Waals surface area contributed by atoms with Crippen molar-refractivity contribution in [1.82, 2.24) is 34.3 Å². The van der Waals surface area contributed by atoms with Crippen molar-refractivity contribution in [2.24, 2.45) is 0 Å². The molecule has 0 spiro atoms. The fraction of sp³-hybridized carbons (Fsp3) is 0.100. The zero-order chi connectivity index (χ0) is 20.0. The number of H-pyrrole nitrogens is 1. The summed E-state index contributed by atoms with van der Waals surface area (Å²) in [6, 6.07) is 10.6. The summed E-state index contributed by atoms with van der Waals surface area (Å²) in [7, 11) is 0. The van der Waals surface area contributed by atoms with Crippen molar-refractivity contribution in [2.75, 3.05) is 0 Å². The van der Waals surface area contributed by atoms with E-state index < -0.39 is 0 Å². The van der Waals surface area contributed by atoms with Crippen LogP contribution in [-0.4, -0.2) is 34.3 Å². The van der Waals surface area contributed by atoms with Gasteiger partial charge in [-0.05, 0) is 37.3 Å². The summed E-state index contributed by atoms with van der Waals surface area (Å²) in [6.07, 6.45) is 4.95. The summed E-state index contributed by atoms with van der Waals surface area (Å²) in [5.41, 5.74) is 1.24. The minimum Gasteiger partial charge on any atom is -0.309 e. The van der Waals surface area contributed by atoms with Gasteiger partial charge >= 0.3 is 0 Å². The molecule has 0 aromatic carbocycles. The first-order valence-electron chi connectivity index (χ1n) is 8.95. The van der Waals surface area contributed by atoms with Crippen LogP contribution < -0.4 is 11.1 Å². The molecule has 0 unspecified atom stereocenters. The van der Waals surface area contributed by atoms with E-state index in [2.05, 4.69) is 25.1 Å². The predicted octanol–water partition coefficient (Wildman–Crippen LogP) is 1.57. The SMILES string of the molecule is Cc1nc(-n2ccc3nc4ccn(Cc5ccccn5)c(=O)c4cc3c2=O)n[nH]1. The van der Waals surface area contributed by atoms with E-state index in [-0.39, 0.29) is 17.1 Å². The number of nitrogens with zero attached hydrogens (tertiary/aromatic N) is 6. The first-order chi connectivity index (χ1) is 14.1. The number of fused-ring (bicyclic) bond motifs is 2. The highest BCUT2D eigenvalue weighted by molar-refractivity contribution is 5.91. The molecule has 5 aromatic heterocycles. The van der Waals surface area contributed by atoms with Crippen LogP contribution in [0.3, 0.4) is 0 Å². The first kappa shape index (κ1) is 17.0. The Hall–Kier alpha value is -4.14. The predicted molar refractivity (Wildman–Crippen MR) is 107 cm³/mol. The molecule has 0 atom stereocenters. The van der Waals surface area contributed by atoms with Crippen LogP contribution in [0.5, 0.6) is 0 Å². The van der Waals surface area contributed by atoms with Gasteiger partial charge in [0.2, 0.25) is 0 Å². The molecule has 1 N–H and O–H groups in total. The Bertz CT molecular complexity index is 1480. The Morgan fingerprint density at radius 3 is 2.48 bits per heavy atom. The Kier molecular flexibility index (Phi) is 3.80. The van der Waals surface area contributed by atoms with Crippen molar-refractivity contribution >= 4 is 21.8 Å². The van der Waals surface area contributed by atoms with Crippen LogP contribution >= 0.6 is 0 Å². The van der Waals surface area contributed by atoms with E-state index in [4.69, 9.17) is 0 Å². The lowest BCUT2D eigenvalue weighted by Gasteiger charge is -2.08. The van der Waals surface area contributed by atoms with Crippen molar-refractivity contribution < 1.29 is 0 Å². The van der Waals surface area contributed by atoms with Crippen LogP contribution in [0.25, 0.3) is 27.8 Å². The summed E-state index contributed by atoms with van der Waals surface area (Å²) in [5.74, 6) is 0.844. The van der Waals surface area contributed by atoms with Gasteiger partial charge in [-0.3, -0.25) is 19.7 Å².